The van der Waals surface area contributed by atoms with Crippen molar-refractivity contribution >= 4 is 29.1 Å². The number of hydrogen-bond donors (Lipinski definition) is 2. The van der Waals surface area contributed by atoms with Crippen LogP contribution in [0.4, 0.5) is 10.1 Å². The summed E-state index contributed by atoms with van der Waals surface area (Å²) in [4.78, 5) is 25.2. The molecule has 5 nitrogen and oxygen atoms in total. The van der Waals surface area contributed by atoms with Crippen LogP contribution in [0.2, 0.25) is 5.02 Å². The summed E-state index contributed by atoms with van der Waals surface area (Å²) in [5.41, 5.74) is 5.96. The van der Waals surface area contributed by atoms with Gasteiger partial charge in [0.2, 0.25) is 11.8 Å². The van der Waals surface area contributed by atoms with Gasteiger partial charge in [0.1, 0.15) is 11.9 Å². The fraction of sp³-hybridized carbons (Fsp3) is 0.385. The van der Waals surface area contributed by atoms with Crippen molar-refractivity contribution < 1.29 is 14.0 Å². The number of nitrogens with two attached hydrogens (primary N) is 1. The molecule has 0 radical (unpaired) electrons. The lowest BCUT2D eigenvalue weighted by Crippen LogP contribution is -2.47. The van der Waals surface area contributed by atoms with Crippen molar-refractivity contribution in [3.8, 4) is 0 Å². The van der Waals surface area contributed by atoms with Gasteiger partial charge in [-0.25, -0.2) is 4.39 Å². The van der Waals surface area contributed by atoms with Gasteiger partial charge < -0.3 is 16.0 Å². The molecule has 20 heavy (non-hydrogen) atoms. The van der Waals surface area contributed by atoms with Gasteiger partial charge in [-0.1, -0.05) is 11.6 Å². The maximum absolute atomic E-state index is 13.1. The van der Waals surface area contributed by atoms with E-state index in [2.05, 4.69) is 5.32 Å². The summed E-state index contributed by atoms with van der Waals surface area (Å²) in [6, 6.07) is 2.81. The van der Waals surface area contributed by atoms with Gasteiger partial charge in [-0.05, 0) is 31.5 Å². The van der Waals surface area contributed by atoms with E-state index >= 15 is 0 Å². The maximum Gasteiger partial charge on any atom is 0.249 e. The molecule has 1 aliphatic rings. The minimum Gasteiger partial charge on any atom is -0.343 e. The summed E-state index contributed by atoms with van der Waals surface area (Å²) in [7, 11) is 0. The molecule has 0 spiro atoms. The topological polar surface area (TPSA) is 75.4 Å². The van der Waals surface area contributed by atoms with Crippen molar-refractivity contribution in [1.29, 1.82) is 0 Å². The highest BCUT2D eigenvalue weighted by atomic mass is 35.5. The van der Waals surface area contributed by atoms with E-state index in [1.165, 1.54) is 23.1 Å². The molecule has 1 aliphatic heterocycles. The second-order valence-electron chi connectivity index (χ2n) is 4.73. The summed E-state index contributed by atoms with van der Waals surface area (Å²) < 4.78 is 13.1. The minimum absolute atomic E-state index is 0.0432. The number of carbonyl (C=O) groups is 2. The van der Waals surface area contributed by atoms with Gasteiger partial charge in [-0.15, -0.1) is 0 Å². The van der Waals surface area contributed by atoms with E-state index in [0.717, 1.165) is 0 Å². The number of nitrogens with zero attached hydrogens (tertiary/aromatic N) is 1. The van der Waals surface area contributed by atoms with Crippen molar-refractivity contribution in [2.24, 2.45) is 5.73 Å². The second-order valence-corrected chi connectivity index (χ2v) is 5.13. The van der Waals surface area contributed by atoms with Crippen molar-refractivity contribution in [3.05, 3.63) is 29.0 Å². The van der Waals surface area contributed by atoms with Gasteiger partial charge in [-0.3, -0.25) is 9.59 Å². The van der Waals surface area contributed by atoms with E-state index in [9.17, 15) is 14.0 Å². The van der Waals surface area contributed by atoms with E-state index in [0.29, 0.717) is 18.7 Å². The fourth-order valence-corrected chi connectivity index (χ4v) is 2.20. The SMILES string of the molecule is CC(N)C(=O)NC1CCN(c2ccc(F)c(Cl)c2)C1=O. The monoisotopic (exact) mass is 299 g/mol. The van der Waals surface area contributed by atoms with Crippen LogP contribution in [-0.2, 0) is 9.59 Å². The molecule has 2 unspecified atom stereocenters. The first-order valence-electron chi connectivity index (χ1n) is 6.22. The summed E-state index contributed by atoms with van der Waals surface area (Å²) >= 11 is 5.70. The van der Waals surface area contributed by atoms with E-state index in [4.69, 9.17) is 17.3 Å². The molecule has 1 aromatic rings. The third kappa shape index (κ3) is 2.91. The molecule has 2 atom stereocenters. The van der Waals surface area contributed by atoms with Crippen LogP contribution in [0.5, 0.6) is 0 Å². The predicted molar refractivity (Wildman–Crippen MR) is 74.0 cm³/mol. The van der Waals surface area contributed by atoms with Gasteiger partial charge in [0.25, 0.3) is 0 Å². The number of benzene rings is 1. The fourth-order valence-electron chi connectivity index (χ4n) is 2.03. The van der Waals surface area contributed by atoms with Gasteiger partial charge >= 0.3 is 0 Å². The molecule has 2 amide bonds. The smallest absolute Gasteiger partial charge is 0.249 e. The first-order valence-corrected chi connectivity index (χ1v) is 6.60. The zero-order valence-electron chi connectivity index (χ0n) is 10.9. The number of anilines is 1. The number of hydrogen-bond acceptors (Lipinski definition) is 3. The molecule has 3 N–H and O–H groups in total. The van der Waals surface area contributed by atoms with Crippen LogP contribution in [0, 0.1) is 5.82 Å². The Hall–Kier alpha value is -1.66. The zero-order valence-corrected chi connectivity index (χ0v) is 11.7. The Bertz CT molecular complexity index is 550. The van der Waals surface area contributed by atoms with Crippen LogP contribution in [0.25, 0.3) is 0 Å². The van der Waals surface area contributed by atoms with E-state index in [-0.39, 0.29) is 16.8 Å². The normalized spacial score (nSPS) is 20.1. The molecule has 1 fully saturated rings. The molecule has 2 rings (SSSR count). The van der Waals surface area contributed by atoms with Crippen LogP contribution in [0.3, 0.4) is 0 Å². The molecule has 7 heteroatoms. The Labute approximate surface area is 120 Å². The average Bonchev–Trinajstić information content (AvgIpc) is 2.74. The number of amides is 2. The Morgan fingerprint density at radius 1 is 1.60 bits per heavy atom. The number of halogens is 2. The lowest BCUT2D eigenvalue weighted by Gasteiger charge is -2.18. The highest BCUT2D eigenvalue weighted by Crippen LogP contribution is 2.26. The quantitative estimate of drug-likeness (QED) is 0.876. The summed E-state index contributed by atoms with van der Waals surface area (Å²) in [6.07, 6.45) is 0.478. The van der Waals surface area contributed by atoms with Crippen molar-refractivity contribution in [3.63, 3.8) is 0 Å². The lowest BCUT2D eigenvalue weighted by molar-refractivity contribution is -0.127. The third-order valence-electron chi connectivity index (χ3n) is 3.15. The van der Waals surface area contributed by atoms with Crippen molar-refractivity contribution in [2.45, 2.75) is 25.4 Å². The van der Waals surface area contributed by atoms with Crippen LogP contribution < -0.4 is 16.0 Å². The molecule has 0 aromatic heterocycles. The van der Waals surface area contributed by atoms with E-state index in [1.807, 2.05) is 0 Å². The number of nitrogens with one attached hydrogen (secondary N) is 1. The lowest BCUT2D eigenvalue weighted by atomic mass is 10.2. The van der Waals surface area contributed by atoms with Crippen LogP contribution in [0.1, 0.15) is 13.3 Å². The Morgan fingerprint density at radius 2 is 2.30 bits per heavy atom. The van der Waals surface area contributed by atoms with E-state index < -0.39 is 17.9 Å². The summed E-state index contributed by atoms with van der Waals surface area (Å²) in [5.74, 6) is -1.16. The highest BCUT2D eigenvalue weighted by Gasteiger charge is 2.34. The zero-order chi connectivity index (χ0) is 14.9. The molecule has 1 heterocycles. The minimum atomic E-state index is -0.669. The molecule has 0 bridgehead atoms. The van der Waals surface area contributed by atoms with Gasteiger partial charge in [0.05, 0.1) is 11.1 Å². The second kappa shape index (κ2) is 5.76. The Kier molecular flexibility index (Phi) is 4.25. The molecule has 0 saturated carbocycles. The molecule has 1 aromatic carbocycles. The maximum atomic E-state index is 13.1. The number of rotatable bonds is 3. The molecular weight excluding hydrogens is 285 g/mol. The summed E-state index contributed by atoms with van der Waals surface area (Å²) in [5, 5.41) is 2.55. The third-order valence-corrected chi connectivity index (χ3v) is 3.44. The molecule has 1 saturated heterocycles. The largest absolute Gasteiger partial charge is 0.343 e. The first-order chi connectivity index (χ1) is 9.40. The number of carbonyl (C=O) groups excluding carboxylic acids is 2. The standard InChI is InChI=1S/C13H15ClFN3O2/c1-7(16)12(19)17-11-4-5-18(13(11)20)8-2-3-10(15)9(14)6-8/h2-3,6-7,11H,4-5,16H2,1H3,(H,17,19). The van der Waals surface area contributed by atoms with Gasteiger partial charge in [0, 0.05) is 12.2 Å². The first kappa shape index (κ1) is 14.7. The van der Waals surface area contributed by atoms with Gasteiger partial charge in [0.15, 0.2) is 0 Å². The van der Waals surface area contributed by atoms with Crippen LogP contribution in [-0.4, -0.2) is 30.4 Å². The van der Waals surface area contributed by atoms with E-state index in [1.54, 1.807) is 6.92 Å². The molecule has 0 aliphatic carbocycles. The van der Waals surface area contributed by atoms with Gasteiger partial charge in [-0.2, -0.15) is 0 Å². The Balaban J connectivity index is 2.11. The molecular formula is C13H15ClFN3O2. The average molecular weight is 300 g/mol. The molecule has 108 valence electrons. The highest BCUT2D eigenvalue weighted by molar-refractivity contribution is 6.31. The van der Waals surface area contributed by atoms with Crippen LogP contribution >= 0.6 is 11.6 Å². The predicted octanol–water partition coefficient (Wildman–Crippen LogP) is 1.05. The van der Waals surface area contributed by atoms with Crippen molar-refractivity contribution in [2.75, 3.05) is 11.4 Å². The Morgan fingerprint density at radius 3 is 2.90 bits per heavy atom. The summed E-state index contributed by atoms with van der Waals surface area (Å²) in [6.45, 7) is 1.98. The van der Waals surface area contributed by atoms with Crippen molar-refractivity contribution in [1.82, 2.24) is 5.32 Å². The van der Waals surface area contributed by atoms with Crippen LogP contribution in [0.15, 0.2) is 18.2 Å².